The highest BCUT2D eigenvalue weighted by Gasteiger charge is 1.99. The van der Waals surface area contributed by atoms with Gasteiger partial charge in [-0.15, -0.1) is 0 Å². The molecule has 2 nitrogen and oxygen atoms in total. The first-order valence-electron chi connectivity index (χ1n) is 7.67. The Hall–Kier alpha value is -3.13. The molecule has 2 heteroatoms. The fourth-order valence-electron chi connectivity index (χ4n) is 2.64. The number of hydrogen-bond acceptors (Lipinski definition) is 1. The van der Waals surface area contributed by atoms with E-state index in [0.29, 0.717) is 0 Å². The van der Waals surface area contributed by atoms with Crippen LogP contribution in [-0.4, -0.2) is 9.97 Å². The van der Waals surface area contributed by atoms with Gasteiger partial charge < -0.3 is 4.98 Å². The second kappa shape index (κ2) is 5.93. The Labute approximate surface area is 135 Å². The molecule has 23 heavy (non-hydrogen) atoms. The third-order valence-corrected chi connectivity index (χ3v) is 3.86. The van der Waals surface area contributed by atoms with Crippen molar-refractivity contribution >= 4 is 23.2 Å². The lowest BCUT2D eigenvalue weighted by atomic mass is 10.0. The van der Waals surface area contributed by atoms with E-state index in [-0.39, 0.29) is 0 Å². The molecule has 4 aromatic rings. The molecule has 0 aliphatic heterocycles. The summed E-state index contributed by atoms with van der Waals surface area (Å²) in [5.41, 5.74) is 5.68. The Morgan fingerprint density at radius 1 is 0.652 bits per heavy atom. The Bertz CT molecular complexity index is 915. The van der Waals surface area contributed by atoms with Gasteiger partial charge in [-0.05, 0) is 34.9 Å². The number of H-pyrrole nitrogens is 1. The van der Waals surface area contributed by atoms with Crippen molar-refractivity contribution < 1.29 is 0 Å². The SMILES string of the molecule is C(=Cc1nc2ccccc2[nH]1)c1ccc(-c2ccccc2)cc1. The Balaban J connectivity index is 1.56. The van der Waals surface area contributed by atoms with Crippen LogP contribution < -0.4 is 0 Å². The predicted octanol–water partition coefficient (Wildman–Crippen LogP) is 5.40. The van der Waals surface area contributed by atoms with Gasteiger partial charge in [-0.3, -0.25) is 0 Å². The van der Waals surface area contributed by atoms with Gasteiger partial charge in [0.25, 0.3) is 0 Å². The molecule has 0 amide bonds. The fourth-order valence-corrected chi connectivity index (χ4v) is 2.64. The fraction of sp³-hybridized carbons (Fsp3) is 0. The minimum Gasteiger partial charge on any atom is -0.338 e. The van der Waals surface area contributed by atoms with E-state index in [0.717, 1.165) is 22.4 Å². The summed E-state index contributed by atoms with van der Waals surface area (Å²) in [6.07, 6.45) is 4.09. The van der Waals surface area contributed by atoms with E-state index in [9.17, 15) is 0 Å². The Morgan fingerprint density at radius 3 is 2.13 bits per heavy atom. The van der Waals surface area contributed by atoms with Crippen LogP contribution in [0.3, 0.4) is 0 Å². The molecule has 0 radical (unpaired) electrons. The first-order valence-corrected chi connectivity index (χ1v) is 7.67. The first-order chi connectivity index (χ1) is 11.4. The van der Waals surface area contributed by atoms with Crippen molar-refractivity contribution in [1.29, 1.82) is 0 Å². The van der Waals surface area contributed by atoms with E-state index < -0.39 is 0 Å². The van der Waals surface area contributed by atoms with Crippen LogP contribution in [0.4, 0.5) is 0 Å². The van der Waals surface area contributed by atoms with Gasteiger partial charge in [0.1, 0.15) is 5.82 Å². The zero-order valence-electron chi connectivity index (χ0n) is 12.6. The second-order valence-corrected chi connectivity index (χ2v) is 5.46. The van der Waals surface area contributed by atoms with Gasteiger partial charge in [-0.25, -0.2) is 4.98 Å². The number of para-hydroxylation sites is 2. The number of aromatic amines is 1. The number of hydrogen-bond donors (Lipinski definition) is 1. The maximum atomic E-state index is 4.55. The van der Waals surface area contributed by atoms with E-state index in [2.05, 4.69) is 64.6 Å². The second-order valence-electron chi connectivity index (χ2n) is 5.46. The molecule has 0 aliphatic rings. The summed E-state index contributed by atoms with van der Waals surface area (Å²) in [4.78, 5) is 7.86. The van der Waals surface area contributed by atoms with Crippen LogP contribution >= 0.6 is 0 Å². The molecule has 0 aliphatic carbocycles. The summed E-state index contributed by atoms with van der Waals surface area (Å²) >= 11 is 0. The van der Waals surface area contributed by atoms with Crippen molar-refractivity contribution in [2.75, 3.05) is 0 Å². The summed E-state index contributed by atoms with van der Waals surface area (Å²) < 4.78 is 0. The quantitative estimate of drug-likeness (QED) is 0.538. The smallest absolute Gasteiger partial charge is 0.131 e. The van der Waals surface area contributed by atoms with E-state index >= 15 is 0 Å². The normalized spacial score (nSPS) is 11.3. The molecular formula is C21H16N2. The lowest BCUT2D eigenvalue weighted by Crippen LogP contribution is -1.78. The largest absolute Gasteiger partial charge is 0.338 e. The first kappa shape index (κ1) is 13.5. The van der Waals surface area contributed by atoms with Crippen LogP contribution in [0, 0.1) is 0 Å². The molecule has 0 fully saturated rings. The number of nitrogens with zero attached hydrogens (tertiary/aromatic N) is 1. The van der Waals surface area contributed by atoms with Crippen LogP contribution in [0.15, 0.2) is 78.9 Å². The molecule has 0 bridgehead atoms. The van der Waals surface area contributed by atoms with Gasteiger partial charge in [0.05, 0.1) is 11.0 Å². The van der Waals surface area contributed by atoms with Crippen LogP contribution in [-0.2, 0) is 0 Å². The monoisotopic (exact) mass is 296 g/mol. The van der Waals surface area contributed by atoms with Crippen molar-refractivity contribution in [3.63, 3.8) is 0 Å². The number of benzene rings is 3. The molecule has 0 unspecified atom stereocenters. The minimum atomic E-state index is 0.873. The van der Waals surface area contributed by atoms with Gasteiger partial charge in [0.15, 0.2) is 0 Å². The number of fused-ring (bicyclic) bond motifs is 1. The molecular weight excluding hydrogens is 280 g/mol. The summed E-state index contributed by atoms with van der Waals surface area (Å²) in [6.45, 7) is 0. The van der Waals surface area contributed by atoms with Crippen LogP contribution in [0.2, 0.25) is 0 Å². The molecule has 1 heterocycles. The molecule has 3 aromatic carbocycles. The van der Waals surface area contributed by atoms with E-state index in [1.165, 1.54) is 11.1 Å². The lowest BCUT2D eigenvalue weighted by Gasteiger charge is -2.01. The predicted molar refractivity (Wildman–Crippen MR) is 96.9 cm³/mol. The molecule has 1 aromatic heterocycles. The van der Waals surface area contributed by atoms with Crippen LogP contribution in [0.5, 0.6) is 0 Å². The number of imidazole rings is 1. The zero-order chi connectivity index (χ0) is 15.5. The number of aromatic nitrogens is 2. The third-order valence-electron chi connectivity index (χ3n) is 3.86. The summed E-state index contributed by atoms with van der Waals surface area (Å²) in [5.74, 6) is 0.873. The maximum Gasteiger partial charge on any atom is 0.131 e. The molecule has 0 atom stereocenters. The standard InChI is InChI=1S/C21H16N2/c1-2-6-17(7-3-1)18-13-10-16(11-14-18)12-15-21-22-19-8-4-5-9-20(19)23-21/h1-15H,(H,22,23). The minimum absolute atomic E-state index is 0.873. The molecule has 1 N–H and O–H groups in total. The van der Waals surface area contributed by atoms with Crippen molar-refractivity contribution in [2.24, 2.45) is 0 Å². The van der Waals surface area contributed by atoms with E-state index in [1.807, 2.05) is 36.4 Å². The highest BCUT2D eigenvalue weighted by Crippen LogP contribution is 2.20. The maximum absolute atomic E-state index is 4.55. The van der Waals surface area contributed by atoms with Crippen LogP contribution in [0.25, 0.3) is 34.3 Å². The Morgan fingerprint density at radius 2 is 1.35 bits per heavy atom. The van der Waals surface area contributed by atoms with Crippen molar-refractivity contribution in [2.45, 2.75) is 0 Å². The molecule has 0 saturated carbocycles. The lowest BCUT2D eigenvalue weighted by molar-refractivity contribution is 1.29. The highest BCUT2D eigenvalue weighted by atomic mass is 14.9. The van der Waals surface area contributed by atoms with Crippen molar-refractivity contribution in [3.05, 3.63) is 90.3 Å². The summed E-state index contributed by atoms with van der Waals surface area (Å²) in [5, 5.41) is 0. The Kier molecular flexibility index (Phi) is 3.49. The third kappa shape index (κ3) is 2.92. The molecule has 4 rings (SSSR count). The number of nitrogens with one attached hydrogen (secondary N) is 1. The van der Waals surface area contributed by atoms with Gasteiger partial charge in [0.2, 0.25) is 0 Å². The van der Waals surface area contributed by atoms with Crippen molar-refractivity contribution in [1.82, 2.24) is 9.97 Å². The summed E-state index contributed by atoms with van der Waals surface area (Å²) in [7, 11) is 0. The van der Waals surface area contributed by atoms with Gasteiger partial charge in [-0.2, -0.15) is 0 Å². The van der Waals surface area contributed by atoms with Gasteiger partial charge in [0, 0.05) is 0 Å². The molecule has 0 spiro atoms. The summed E-state index contributed by atoms with van der Waals surface area (Å²) in [6, 6.07) is 27.0. The molecule has 0 saturated heterocycles. The average molecular weight is 296 g/mol. The molecule has 110 valence electrons. The van der Waals surface area contributed by atoms with E-state index in [4.69, 9.17) is 0 Å². The average Bonchev–Trinajstić information content (AvgIpc) is 3.04. The van der Waals surface area contributed by atoms with Gasteiger partial charge >= 0.3 is 0 Å². The van der Waals surface area contributed by atoms with Gasteiger partial charge in [-0.1, -0.05) is 72.8 Å². The topological polar surface area (TPSA) is 28.7 Å². The van der Waals surface area contributed by atoms with Crippen LogP contribution in [0.1, 0.15) is 11.4 Å². The zero-order valence-corrected chi connectivity index (χ0v) is 12.6. The van der Waals surface area contributed by atoms with E-state index in [1.54, 1.807) is 0 Å². The number of rotatable bonds is 3. The van der Waals surface area contributed by atoms with Crippen molar-refractivity contribution in [3.8, 4) is 11.1 Å². The highest BCUT2D eigenvalue weighted by molar-refractivity contribution is 5.79.